The van der Waals surface area contributed by atoms with E-state index in [1.807, 2.05) is 0 Å². The van der Waals surface area contributed by atoms with Crippen LogP contribution in [0.4, 0.5) is 0 Å². The first-order chi connectivity index (χ1) is 12.4. The molecule has 1 aromatic rings. The lowest BCUT2D eigenvalue weighted by Crippen LogP contribution is -2.55. The van der Waals surface area contributed by atoms with E-state index in [0.717, 1.165) is 55.9 Å². The van der Waals surface area contributed by atoms with Gasteiger partial charge >= 0.3 is 0 Å². The van der Waals surface area contributed by atoms with Gasteiger partial charge in [0.1, 0.15) is 0 Å². The van der Waals surface area contributed by atoms with Crippen LogP contribution in [0.25, 0.3) is 0 Å². The Morgan fingerprint density at radius 1 is 1.19 bits per heavy atom. The molecule has 0 amide bonds. The fourth-order valence-corrected chi connectivity index (χ4v) is 4.22. The van der Waals surface area contributed by atoms with E-state index in [2.05, 4.69) is 67.1 Å². The van der Waals surface area contributed by atoms with Crippen molar-refractivity contribution in [1.29, 1.82) is 0 Å². The maximum absolute atomic E-state index is 4.78. The van der Waals surface area contributed by atoms with Crippen LogP contribution in [0.2, 0.25) is 0 Å². The summed E-state index contributed by atoms with van der Waals surface area (Å²) in [6, 6.07) is 0.528. The maximum atomic E-state index is 4.78. The number of hydrogen-bond donors (Lipinski definition) is 2. The van der Waals surface area contributed by atoms with Crippen LogP contribution in [0.3, 0.4) is 0 Å². The fraction of sp³-hybridized carbons (Fsp3) is 0.789. The first kappa shape index (κ1) is 21.1. The zero-order valence-corrected chi connectivity index (χ0v) is 18.1. The van der Waals surface area contributed by atoms with Gasteiger partial charge in [0.05, 0.1) is 17.2 Å². The minimum Gasteiger partial charge on any atom is -0.357 e. The SMILES string of the molecule is CCNC(=NCc1sc(C)nc1C)NCC(C(C)C)N1CCN(C)CC1. The largest absolute Gasteiger partial charge is 0.357 e. The lowest BCUT2D eigenvalue weighted by Gasteiger charge is -2.40. The molecular weight excluding hydrogens is 344 g/mol. The average molecular weight is 381 g/mol. The molecule has 6 nitrogen and oxygen atoms in total. The molecule has 0 spiro atoms. The van der Waals surface area contributed by atoms with E-state index in [4.69, 9.17) is 4.99 Å². The summed E-state index contributed by atoms with van der Waals surface area (Å²) in [6.45, 7) is 17.9. The number of piperazine rings is 1. The van der Waals surface area contributed by atoms with Gasteiger partial charge < -0.3 is 15.5 Å². The Morgan fingerprint density at radius 2 is 1.88 bits per heavy atom. The molecule has 1 fully saturated rings. The summed E-state index contributed by atoms with van der Waals surface area (Å²) < 4.78 is 0. The van der Waals surface area contributed by atoms with Gasteiger partial charge in [0, 0.05) is 50.2 Å². The molecular formula is C19H36N6S. The molecule has 1 unspecified atom stereocenters. The molecule has 0 aliphatic carbocycles. The molecule has 26 heavy (non-hydrogen) atoms. The van der Waals surface area contributed by atoms with Crippen molar-refractivity contribution in [2.24, 2.45) is 10.9 Å². The molecule has 1 aliphatic heterocycles. The van der Waals surface area contributed by atoms with Gasteiger partial charge in [-0.3, -0.25) is 4.90 Å². The number of nitrogens with one attached hydrogen (secondary N) is 2. The third-order valence-electron chi connectivity index (χ3n) is 4.98. The molecule has 1 atom stereocenters. The minimum atomic E-state index is 0.528. The smallest absolute Gasteiger partial charge is 0.191 e. The molecule has 1 saturated heterocycles. The second-order valence-corrected chi connectivity index (χ2v) is 8.76. The molecule has 0 radical (unpaired) electrons. The van der Waals surface area contributed by atoms with Gasteiger partial charge in [-0.1, -0.05) is 13.8 Å². The topological polar surface area (TPSA) is 55.8 Å². The summed E-state index contributed by atoms with van der Waals surface area (Å²) in [4.78, 5) is 15.6. The fourth-order valence-electron chi connectivity index (χ4n) is 3.35. The Bertz CT molecular complexity index is 575. The Balaban J connectivity index is 1.96. The molecule has 7 heteroatoms. The molecule has 1 aliphatic rings. The Kier molecular flexibility index (Phi) is 8.31. The Labute approximate surface area is 163 Å². The highest BCUT2D eigenvalue weighted by Gasteiger charge is 2.25. The summed E-state index contributed by atoms with van der Waals surface area (Å²) in [5, 5.41) is 8.07. The molecule has 2 N–H and O–H groups in total. The Morgan fingerprint density at radius 3 is 2.42 bits per heavy atom. The van der Waals surface area contributed by atoms with Crippen molar-refractivity contribution in [3.8, 4) is 0 Å². The number of rotatable bonds is 7. The van der Waals surface area contributed by atoms with Crippen LogP contribution in [-0.2, 0) is 6.54 Å². The van der Waals surface area contributed by atoms with Crippen molar-refractivity contribution >= 4 is 17.3 Å². The molecule has 2 heterocycles. The van der Waals surface area contributed by atoms with Gasteiger partial charge in [-0.15, -0.1) is 11.3 Å². The Hall–Kier alpha value is -1.18. The van der Waals surface area contributed by atoms with E-state index in [-0.39, 0.29) is 0 Å². The van der Waals surface area contributed by atoms with Crippen LogP contribution < -0.4 is 10.6 Å². The van der Waals surface area contributed by atoms with Crippen molar-refractivity contribution in [3.05, 3.63) is 15.6 Å². The molecule has 0 aromatic carbocycles. The summed E-state index contributed by atoms with van der Waals surface area (Å²) in [6.07, 6.45) is 0. The van der Waals surface area contributed by atoms with Gasteiger partial charge in [0.2, 0.25) is 0 Å². The summed E-state index contributed by atoms with van der Waals surface area (Å²) in [5.74, 6) is 1.51. The van der Waals surface area contributed by atoms with Gasteiger partial charge in [0.15, 0.2) is 5.96 Å². The zero-order valence-electron chi connectivity index (χ0n) is 17.3. The molecule has 0 saturated carbocycles. The van der Waals surface area contributed by atoms with Crippen molar-refractivity contribution in [3.63, 3.8) is 0 Å². The monoisotopic (exact) mass is 380 g/mol. The third kappa shape index (κ3) is 6.21. The second kappa shape index (κ2) is 10.2. The van der Waals surface area contributed by atoms with Gasteiger partial charge in [-0.05, 0) is 33.7 Å². The van der Waals surface area contributed by atoms with Crippen molar-refractivity contribution in [1.82, 2.24) is 25.4 Å². The predicted molar refractivity (Wildman–Crippen MR) is 112 cm³/mol. The maximum Gasteiger partial charge on any atom is 0.191 e. The number of likely N-dealkylation sites (N-methyl/N-ethyl adjacent to an activating group) is 1. The van der Waals surface area contributed by atoms with Gasteiger partial charge in [0.25, 0.3) is 0 Å². The third-order valence-corrected chi connectivity index (χ3v) is 6.04. The summed E-state index contributed by atoms with van der Waals surface area (Å²) in [7, 11) is 2.21. The van der Waals surface area contributed by atoms with Crippen LogP contribution in [-0.4, -0.2) is 73.1 Å². The van der Waals surface area contributed by atoms with Crippen molar-refractivity contribution < 1.29 is 0 Å². The highest BCUT2D eigenvalue weighted by molar-refractivity contribution is 7.11. The van der Waals surface area contributed by atoms with E-state index in [1.54, 1.807) is 11.3 Å². The van der Waals surface area contributed by atoms with Crippen LogP contribution in [0.1, 0.15) is 36.3 Å². The van der Waals surface area contributed by atoms with Crippen LogP contribution in [0, 0.1) is 19.8 Å². The van der Waals surface area contributed by atoms with E-state index >= 15 is 0 Å². The van der Waals surface area contributed by atoms with Gasteiger partial charge in [-0.25, -0.2) is 9.98 Å². The number of hydrogen-bond acceptors (Lipinski definition) is 5. The predicted octanol–water partition coefficient (Wildman–Crippen LogP) is 2.09. The molecule has 1 aromatic heterocycles. The molecule has 148 valence electrons. The number of aryl methyl sites for hydroxylation is 2. The van der Waals surface area contributed by atoms with E-state index in [1.165, 1.54) is 4.88 Å². The first-order valence-corrected chi connectivity index (χ1v) is 10.6. The lowest BCUT2D eigenvalue weighted by atomic mass is 10.0. The normalized spacial score (nSPS) is 18.3. The number of aliphatic imine (C=N–C) groups is 1. The molecule has 2 rings (SSSR count). The standard InChI is InChI=1S/C19H36N6S/c1-7-20-19(22-13-18-15(4)23-16(5)26-18)21-12-17(14(2)3)25-10-8-24(6)9-11-25/h14,17H,7-13H2,1-6H3,(H2,20,21,22). The first-order valence-electron chi connectivity index (χ1n) is 9.78. The van der Waals surface area contributed by atoms with Crippen molar-refractivity contribution in [2.45, 2.75) is 47.2 Å². The number of nitrogens with zero attached hydrogens (tertiary/aromatic N) is 4. The minimum absolute atomic E-state index is 0.528. The summed E-state index contributed by atoms with van der Waals surface area (Å²) >= 11 is 1.74. The average Bonchev–Trinajstić information content (AvgIpc) is 2.91. The van der Waals surface area contributed by atoms with E-state index in [9.17, 15) is 0 Å². The zero-order chi connectivity index (χ0) is 19.1. The number of thiazole rings is 1. The number of guanidine groups is 1. The lowest BCUT2D eigenvalue weighted by molar-refractivity contribution is 0.0900. The van der Waals surface area contributed by atoms with Crippen LogP contribution in [0.5, 0.6) is 0 Å². The highest BCUT2D eigenvalue weighted by atomic mass is 32.1. The van der Waals surface area contributed by atoms with E-state index < -0.39 is 0 Å². The molecule has 0 bridgehead atoms. The van der Waals surface area contributed by atoms with Crippen molar-refractivity contribution in [2.75, 3.05) is 46.3 Å². The number of aromatic nitrogens is 1. The second-order valence-electron chi connectivity index (χ2n) is 7.47. The summed E-state index contributed by atoms with van der Waals surface area (Å²) in [5.41, 5.74) is 1.10. The van der Waals surface area contributed by atoms with E-state index in [0.29, 0.717) is 18.5 Å². The van der Waals surface area contributed by atoms with Crippen LogP contribution >= 0.6 is 11.3 Å². The van der Waals surface area contributed by atoms with Gasteiger partial charge in [-0.2, -0.15) is 0 Å². The quantitative estimate of drug-likeness (QED) is 0.560. The highest BCUT2D eigenvalue weighted by Crippen LogP contribution is 2.18. The van der Waals surface area contributed by atoms with Crippen LogP contribution in [0.15, 0.2) is 4.99 Å².